The van der Waals surface area contributed by atoms with Gasteiger partial charge in [0.2, 0.25) is 5.88 Å². The van der Waals surface area contributed by atoms with Gasteiger partial charge in [-0.2, -0.15) is 0 Å². The Morgan fingerprint density at radius 3 is 2.79 bits per heavy atom. The molecular weight excluding hydrogens is 335 g/mol. The van der Waals surface area contributed by atoms with Crippen molar-refractivity contribution in [1.82, 2.24) is 4.98 Å². The summed E-state index contributed by atoms with van der Waals surface area (Å²) in [5.41, 5.74) is 0.775. The van der Waals surface area contributed by atoms with Crippen molar-refractivity contribution in [3.05, 3.63) is 53.7 Å². The van der Waals surface area contributed by atoms with Gasteiger partial charge < -0.3 is 14.6 Å². The maximum atomic E-state index is 13.4. The van der Waals surface area contributed by atoms with E-state index >= 15 is 0 Å². The maximum Gasteiger partial charge on any atom is 0.301 e. The van der Waals surface area contributed by atoms with E-state index in [0.29, 0.717) is 17.1 Å². The van der Waals surface area contributed by atoms with Crippen LogP contribution >= 0.6 is 12.2 Å². The Bertz CT molecular complexity index is 852. The number of phenolic OH excluding ortho intramolecular Hbond substituents is 1. The molecule has 0 atom stereocenters. The highest BCUT2D eigenvalue weighted by Gasteiger charge is 2.35. The van der Waals surface area contributed by atoms with Crippen LogP contribution in [0.25, 0.3) is 6.08 Å². The first-order valence-electron chi connectivity index (χ1n) is 6.76. The lowest BCUT2D eigenvalue weighted by Crippen LogP contribution is -2.28. The summed E-state index contributed by atoms with van der Waals surface area (Å²) in [5, 5.41) is 9.13. The first kappa shape index (κ1) is 15.9. The number of ether oxygens (including phenoxy) is 2. The molecule has 1 N–H and O–H groups in total. The molecule has 0 aliphatic carbocycles. The molecule has 0 radical (unpaired) electrons. The average Bonchev–Trinajstić information content (AvgIpc) is 2.85. The van der Waals surface area contributed by atoms with Crippen LogP contribution in [0.5, 0.6) is 11.6 Å². The Morgan fingerprint density at radius 1 is 1.38 bits per heavy atom. The summed E-state index contributed by atoms with van der Waals surface area (Å²) >= 11 is 5.07. The standard InChI is InChI=1S/C16H11FN2O4S/c1-22-14-5-3-10(8-18-14)19-15(21)13(23-16(19)24)7-9-2-4-12(20)11(17)6-9/h2-8,20H,1H3. The zero-order chi connectivity index (χ0) is 17.3. The van der Waals surface area contributed by atoms with Crippen molar-refractivity contribution in [3.63, 3.8) is 0 Å². The number of hydrogen-bond acceptors (Lipinski definition) is 6. The van der Waals surface area contributed by atoms with Crippen molar-refractivity contribution in [3.8, 4) is 11.6 Å². The molecule has 1 aromatic heterocycles. The van der Waals surface area contributed by atoms with E-state index < -0.39 is 17.5 Å². The number of anilines is 1. The molecule has 1 amide bonds. The summed E-state index contributed by atoms with van der Waals surface area (Å²) in [7, 11) is 1.48. The van der Waals surface area contributed by atoms with Crippen molar-refractivity contribution in [1.29, 1.82) is 0 Å². The lowest BCUT2D eigenvalue weighted by atomic mass is 10.2. The minimum atomic E-state index is -0.798. The van der Waals surface area contributed by atoms with E-state index in [4.69, 9.17) is 21.7 Å². The average molecular weight is 346 g/mol. The summed E-state index contributed by atoms with van der Waals surface area (Å²) in [6.07, 6.45) is 2.77. The number of nitrogens with zero attached hydrogens (tertiary/aromatic N) is 2. The Kier molecular flexibility index (Phi) is 4.13. The van der Waals surface area contributed by atoms with Crippen LogP contribution < -0.4 is 9.64 Å². The van der Waals surface area contributed by atoms with Gasteiger partial charge >= 0.3 is 5.91 Å². The van der Waals surface area contributed by atoms with Crippen LogP contribution in [0.4, 0.5) is 10.1 Å². The lowest BCUT2D eigenvalue weighted by Gasteiger charge is -2.11. The first-order valence-corrected chi connectivity index (χ1v) is 7.17. The molecule has 24 heavy (non-hydrogen) atoms. The summed E-state index contributed by atoms with van der Waals surface area (Å²) in [5.74, 6) is -1.43. The van der Waals surface area contributed by atoms with Crippen LogP contribution in [0.1, 0.15) is 5.56 Å². The van der Waals surface area contributed by atoms with Crippen LogP contribution in [-0.4, -0.2) is 28.3 Å². The zero-order valence-corrected chi connectivity index (χ0v) is 13.2. The van der Waals surface area contributed by atoms with E-state index in [2.05, 4.69) is 4.98 Å². The third-order valence-electron chi connectivity index (χ3n) is 3.25. The SMILES string of the molecule is COc1ccc(N2C(=O)C(=Cc3ccc(O)c(F)c3)OC2=S)cn1. The second kappa shape index (κ2) is 6.25. The van der Waals surface area contributed by atoms with Crippen LogP contribution in [0.3, 0.4) is 0 Å². The highest BCUT2D eigenvalue weighted by Crippen LogP contribution is 2.27. The topological polar surface area (TPSA) is 71.9 Å². The molecule has 1 aromatic carbocycles. The number of carbonyl (C=O) groups excluding carboxylic acids is 1. The number of phenols is 1. The first-order chi connectivity index (χ1) is 11.5. The lowest BCUT2D eigenvalue weighted by molar-refractivity contribution is -0.114. The largest absolute Gasteiger partial charge is 0.505 e. The van der Waals surface area contributed by atoms with Crippen LogP contribution in [-0.2, 0) is 9.53 Å². The molecule has 6 nitrogen and oxygen atoms in total. The van der Waals surface area contributed by atoms with Gasteiger partial charge in [-0.15, -0.1) is 0 Å². The van der Waals surface area contributed by atoms with Crippen molar-refractivity contribution in [2.75, 3.05) is 12.0 Å². The van der Waals surface area contributed by atoms with Gasteiger partial charge in [-0.3, -0.25) is 4.79 Å². The molecule has 8 heteroatoms. The molecule has 0 spiro atoms. The fraction of sp³-hybridized carbons (Fsp3) is 0.0625. The maximum absolute atomic E-state index is 13.4. The summed E-state index contributed by atoms with van der Waals surface area (Å²) in [4.78, 5) is 17.7. The second-order valence-electron chi connectivity index (χ2n) is 4.79. The normalized spacial score (nSPS) is 15.8. The van der Waals surface area contributed by atoms with Gasteiger partial charge in [-0.25, -0.2) is 14.3 Å². The molecule has 0 bridgehead atoms. The Labute approximate surface area is 141 Å². The fourth-order valence-corrected chi connectivity index (χ4v) is 2.36. The van der Waals surface area contributed by atoms with E-state index in [1.54, 1.807) is 12.1 Å². The summed E-state index contributed by atoms with van der Waals surface area (Å²) < 4.78 is 23.6. The summed E-state index contributed by atoms with van der Waals surface area (Å²) in [6, 6.07) is 6.91. The Balaban J connectivity index is 1.90. The number of methoxy groups -OCH3 is 1. The third-order valence-corrected chi connectivity index (χ3v) is 3.52. The highest BCUT2D eigenvalue weighted by molar-refractivity contribution is 7.80. The number of hydrogen-bond donors (Lipinski definition) is 1. The van der Waals surface area contributed by atoms with Crippen molar-refractivity contribution in [2.45, 2.75) is 0 Å². The van der Waals surface area contributed by atoms with Gasteiger partial charge in [0.1, 0.15) is 0 Å². The minimum Gasteiger partial charge on any atom is -0.505 e. The van der Waals surface area contributed by atoms with Gasteiger partial charge in [-0.1, -0.05) is 6.07 Å². The molecule has 3 rings (SSSR count). The number of thiocarbonyl (C=S) groups is 1. The van der Waals surface area contributed by atoms with Gasteiger partial charge in [0.15, 0.2) is 17.3 Å². The van der Waals surface area contributed by atoms with Gasteiger partial charge in [0.25, 0.3) is 5.17 Å². The highest BCUT2D eigenvalue weighted by atomic mass is 32.1. The number of carbonyl (C=O) groups is 1. The number of halogens is 1. The molecule has 122 valence electrons. The number of pyridine rings is 1. The zero-order valence-electron chi connectivity index (χ0n) is 12.4. The van der Waals surface area contributed by atoms with E-state index in [9.17, 15) is 14.3 Å². The van der Waals surface area contributed by atoms with E-state index in [1.807, 2.05) is 0 Å². The van der Waals surface area contributed by atoms with Gasteiger partial charge in [0, 0.05) is 6.07 Å². The number of aromatic nitrogens is 1. The number of benzene rings is 1. The van der Waals surface area contributed by atoms with Gasteiger partial charge in [-0.05, 0) is 42.1 Å². The molecule has 2 aromatic rings. The van der Waals surface area contributed by atoms with E-state index in [0.717, 1.165) is 6.07 Å². The third kappa shape index (κ3) is 2.91. The molecule has 1 fully saturated rings. The molecule has 1 saturated heterocycles. The predicted octanol–water partition coefficient (Wildman–Crippen LogP) is 2.62. The van der Waals surface area contributed by atoms with Crippen molar-refractivity contribution >= 4 is 35.1 Å². The molecule has 0 saturated carbocycles. The van der Waals surface area contributed by atoms with Crippen LogP contribution in [0.2, 0.25) is 0 Å². The molecular formula is C16H11FN2O4S. The van der Waals surface area contributed by atoms with Crippen molar-refractivity contribution in [2.24, 2.45) is 0 Å². The molecule has 0 unspecified atom stereocenters. The number of rotatable bonds is 3. The minimum absolute atomic E-state index is 0.0547. The second-order valence-corrected chi connectivity index (χ2v) is 5.14. The molecule has 1 aliphatic rings. The van der Waals surface area contributed by atoms with E-state index in [1.165, 1.54) is 36.4 Å². The van der Waals surface area contributed by atoms with E-state index in [-0.39, 0.29) is 10.9 Å². The van der Waals surface area contributed by atoms with Crippen LogP contribution in [0.15, 0.2) is 42.3 Å². The molecule has 1 aliphatic heterocycles. The van der Waals surface area contributed by atoms with Gasteiger partial charge in [0.05, 0.1) is 19.0 Å². The van der Waals surface area contributed by atoms with Crippen LogP contribution in [0, 0.1) is 5.82 Å². The van der Waals surface area contributed by atoms with Crippen molar-refractivity contribution < 1.29 is 23.8 Å². The molecule has 2 heterocycles. The monoisotopic (exact) mass is 346 g/mol. The Morgan fingerprint density at radius 2 is 2.17 bits per heavy atom. The summed E-state index contributed by atoms with van der Waals surface area (Å²) in [6.45, 7) is 0. The Hall–Kier alpha value is -3.00. The number of amides is 1. The quantitative estimate of drug-likeness (QED) is 0.680. The fourth-order valence-electron chi connectivity index (χ4n) is 2.08. The number of aromatic hydroxyl groups is 1. The smallest absolute Gasteiger partial charge is 0.301 e. The predicted molar refractivity (Wildman–Crippen MR) is 88.0 cm³/mol.